The molecule has 104 valence electrons. The van der Waals surface area contributed by atoms with E-state index >= 15 is 0 Å². The van der Waals surface area contributed by atoms with Crippen LogP contribution < -0.4 is 10.6 Å². The van der Waals surface area contributed by atoms with Gasteiger partial charge in [0.1, 0.15) is 0 Å². The van der Waals surface area contributed by atoms with Gasteiger partial charge < -0.3 is 15.5 Å². The summed E-state index contributed by atoms with van der Waals surface area (Å²) in [6.45, 7) is 6.94. The minimum absolute atomic E-state index is 0.0425. The van der Waals surface area contributed by atoms with Gasteiger partial charge in [0, 0.05) is 30.4 Å². The molecule has 0 aliphatic carbocycles. The Morgan fingerprint density at radius 3 is 2.84 bits per heavy atom. The quantitative estimate of drug-likeness (QED) is 0.869. The third kappa shape index (κ3) is 3.47. The average Bonchev–Trinajstić information content (AvgIpc) is 2.75. The maximum absolute atomic E-state index is 12.2. The van der Waals surface area contributed by atoms with Crippen LogP contribution in [0.5, 0.6) is 0 Å². The van der Waals surface area contributed by atoms with E-state index in [0.717, 1.165) is 42.9 Å². The number of hydrogen-bond acceptors (Lipinski definition) is 3. The molecule has 1 heterocycles. The lowest BCUT2D eigenvalue weighted by Gasteiger charge is -2.14. The van der Waals surface area contributed by atoms with Crippen molar-refractivity contribution in [2.24, 2.45) is 0 Å². The zero-order valence-electron chi connectivity index (χ0n) is 12.0. The van der Waals surface area contributed by atoms with Crippen molar-refractivity contribution in [3.8, 4) is 0 Å². The van der Waals surface area contributed by atoms with Crippen LogP contribution in [0.1, 0.15) is 29.3 Å². The first-order valence-corrected chi connectivity index (χ1v) is 6.94. The lowest BCUT2D eigenvalue weighted by Crippen LogP contribution is -2.36. The Kier molecular flexibility index (Phi) is 4.43. The number of hydrogen-bond donors (Lipinski definition) is 2. The Balaban J connectivity index is 2.02. The fraction of sp³-hybridized carbons (Fsp3) is 0.533. The van der Waals surface area contributed by atoms with Crippen molar-refractivity contribution < 1.29 is 4.79 Å². The second kappa shape index (κ2) is 6.06. The summed E-state index contributed by atoms with van der Waals surface area (Å²) in [6.07, 6.45) is 1.04. The highest BCUT2D eigenvalue weighted by Gasteiger charge is 2.22. The number of benzene rings is 1. The zero-order chi connectivity index (χ0) is 13.8. The molecule has 1 saturated heterocycles. The number of amides is 1. The molecule has 0 radical (unpaired) electrons. The van der Waals surface area contributed by atoms with E-state index in [0.29, 0.717) is 0 Å². The van der Waals surface area contributed by atoms with E-state index in [1.54, 1.807) is 0 Å². The van der Waals surface area contributed by atoms with Gasteiger partial charge in [-0.1, -0.05) is 0 Å². The Labute approximate surface area is 115 Å². The van der Waals surface area contributed by atoms with Crippen molar-refractivity contribution in [2.45, 2.75) is 26.3 Å². The molecule has 1 aromatic rings. The average molecular weight is 261 g/mol. The van der Waals surface area contributed by atoms with Crippen LogP contribution in [0.4, 0.5) is 5.69 Å². The zero-order valence-corrected chi connectivity index (χ0v) is 12.0. The van der Waals surface area contributed by atoms with Gasteiger partial charge in [-0.15, -0.1) is 0 Å². The van der Waals surface area contributed by atoms with Crippen LogP contribution in [0.15, 0.2) is 18.2 Å². The first kappa shape index (κ1) is 13.9. The van der Waals surface area contributed by atoms with Gasteiger partial charge in [-0.05, 0) is 57.6 Å². The molecule has 1 aliphatic rings. The predicted molar refractivity (Wildman–Crippen MR) is 78.7 cm³/mol. The Morgan fingerprint density at radius 2 is 2.26 bits per heavy atom. The summed E-state index contributed by atoms with van der Waals surface area (Å²) in [5.41, 5.74) is 2.86. The summed E-state index contributed by atoms with van der Waals surface area (Å²) in [4.78, 5) is 14.5. The van der Waals surface area contributed by atoms with E-state index in [1.807, 2.05) is 25.1 Å². The van der Waals surface area contributed by atoms with Crippen LogP contribution >= 0.6 is 0 Å². The Bertz CT molecular complexity index is 459. The molecule has 19 heavy (non-hydrogen) atoms. The highest BCUT2D eigenvalue weighted by Crippen LogP contribution is 2.16. The minimum Gasteiger partial charge on any atom is -0.385 e. The molecule has 0 aromatic heterocycles. The summed E-state index contributed by atoms with van der Waals surface area (Å²) in [6, 6.07) is 6.18. The molecule has 4 heteroatoms. The topological polar surface area (TPSA) is 44.4 Å². The van der Waals surface area contributed by atoms with Gasteiger partial charge in [-0.3, -0.25) is 4.79 Å². The molecular formula is C15H23N3O. The van der Waals surface area contributed by atoms with Crippen LogP contribution in [0.25, 0.3) is 0 Å². The Morgan fingerprint density at radius 1 is 1.47 bits per heavy atom. The van der Waals surface area contributed by atoms with E-state index < -0.39 is 0 Å². The summed E-state index contributed by atoms with van der Waals surface area (Å²) in [7, 11) is 2.09. The van der Waals surface area contributed by atoms with Crippen LogP contribution in [0, 0.1) is 6.92 Å². The van der Waals surface area contributed by atoms with Crippen molar-refractivity contribution >= 4 is 11.6 Å². The predicted octanol–water partition coefficient (Wildman–Crippen LogP) is 1.86. The normalized spacial score (nSPS) is 19.4. The SMILES string of the molecule is CCNc1ccc(C(=O)NC2CCN(C)C2)c(C)c1. The molecule has 2 rings (SSSR count). The summed E-state index contributed by atoms with van der Waals surface area (Å²) in [5.74, 6) is 0.0425. The maximum Gasteiger partial charge on any atom is 0.251 e. The highest BCUT2D eigenvalue weighted by molar-refractivity contribution is 5.96. The van der Waals surface area contributed by atoms with Crippen molar-refractivity contribution in [2.75, 3.05) is 32.0 Å². The first-order valence-electron chi connectivity index (χ1n) is 6.94. The van der Waals surface area contributed by atoms with E-state index in [2.05, 4.69) is 29.5 Å². The summed E-state index contributed by atoms with van der Waals surface area (Å²) < 4.78 is 0. The van der Waals surface area contributed by atoms with Crippen molar-refractivity contribution in [1.82, 2.24) is 10.2 Å². The molecule has 0 bridgehead atoms. The number of carbonyl (C=O) groups excluding carboxylic acids is 1. The second-order valence-corrected chi connectivity index (χ2v) is 5.28. The molecule has 1 aliphatic heterocycles. The number of likely N-dealkylation sites (tertiary alicyclic amines) is 1. The fourth-order valence-electron chi connectivity index (χ4n) is 2.55. The van der Waals surface area contributed by atoms with Crippen molar-refractivity contribution in [3.05, 3.63) is 29.3 Å². The standard InChI is InChI=1S/C15H23N3O/c1-4-16-12-5-6-14(11(2)9-12)15(19)17-13-7-8-18(3)10-13/h5-6,9,13,16H,4,7-8,10H2,1-3H3,(H,17,19). The van der Waals surface area contributed by atoms with Gasteiger partial charge in [-0.2, -0.15) is 0 Å². The number of rotatable bonds is 4. The van der Waals surface area contributed by atoms with Crippen LogP contribution in [-0.2, 0) is 0 Å². The van der Waals surface area contributed by atoms with E-state index in [1.165, 1.54) is 0 Å². The van der Waals surface area contributed by atoms with E-state index in [4.69, 9.17) is 0 Å². The molecule has 2 N–H and O–H groups in total. The van der Waals surface area contributed by atoms with Gasteiger partial charge in [0.15, 0.2) is 0 Å². The van der Waals surface area contributed by atoms with Crippen molar-refractivity contribution in [1.29, 1.82) is 0 Å². The third-order valence-electron chi connectivity index (χ3n) is 3.58. The van der Waals surface area contributed by atoms with Gasteiger partial charge >= 0.3 is 0 Å². The van der Waals surface area contributed by atoms with Gasteiger partial charge in [0.05, 0.1) is 0 Å². The molecule has 1 unspecified atom stereocenters. The third-order valence-corrected chi connectivity index (χ3v) is 3.58. The Hall–Kier alpha value is -1.55. The number of carbonyl (C=O) groups is 1. The number of anilines is 1. The lowest BCUT2D eigenvalue weighted by atomic mass is 10.1. The molecule has 4 nitrogen and oxygen atoms in total. The number of nitrogens with one attached hydrogen (secondary N) is 2. The van der Waals surface area contributed by atoms with Crippen LogP contribution in [-0.4, -0.2) is 43.5 Å². The molecule has 0 spiro atoms. The van der Waals surface area contributed by atoms with Crippen LogP contribution in [0.2, 0.25) is 0 Å². The minimum atomic E-state index is 0.0425. The molecule has 1 amide bonds. The smallest absolute Gasteiger partial charge is 0.251 e. The summed E-state index contributed by atoms with van der Waals surface area (Å²) >= 11 is 0. The van der Waals surface area contributed by atoms with Crippen LogP contribution in [0.3, 0.4) is 0 Å². The molecule has 1 aromatic carbocycles. The molecular weight excluding hydrogens is 238 g/mol. The van der Waals surface area contributed by atoms with Gasteiger partial charge in [0.2, 0.25) is 0 Å². The molecule has 1 fully saturated rings. The van der Waals surface area contributed by atoms with E-state index in [-0.39, 0.29) is 11.9 Å². The molecule has 0 saturated carbocycles. The van der Waals surface area contributed by atoms with Gasteiger partial charge in [0.25, 0.3) is 5.91 Å². The molecule has 1 atom stereocenters. The van der Waals surface area contributed by atoms with E-state index in [9.17, 15) is 4.79 Å². The number of likely N-dealkylation sites (N-methyl/N-ethyl adjacent to an activating group) is 1. The monoisotopic (exact) mass is 261 g/mol. The highest BCUT2D eigenvalue weighted by atomic mass is 16.1. The second-order valence-electron chi connectivity index (χ2n) is 5.28. The lowest BCUT2D eigenvalue weighted by molar-refractivity contribution is 0.0938. The number of aryl methyl sites for hydroxylation is 1. The number of nitrogens with zero attached hydrogens (tertiary/aromatic N) is 1. The first-order chi connectivity index (χ1) is 9.10. The fourth-order valence-corrected chi connectivity index (χ4v) is 2.55. The maximum atomic E-state index is 12.2. The van der Waals surface area contributed by atoms with Crippen molar-refractivity contribution in [3.63, 3.8) is 0 Å². The van der Waals surface area contributed by atoms with Gasteiger partial charge in [-0.25, -0.2) is 0 Å². The summed E-state index contributed by atoms with van der Waals surface area (Å²) in [5, 5.41) is 6.37. The largest absolute Gasteiger partial charge is 0.385 e.